The van der Waals surface area contributed by atoms with Crippen LogP contribution in [0.25, 0.3) is 0 Å². The molecule has 0 radical (unpaired) electrons. The zero-order valence-electron chi connectivity index (χ0n) is 19.3. The number of nitrogens with zero attached hydrogens (tertiary/aromatic N) is 3. The molecular formula is C25H23ClN4O5S. The Balaban J connectivity index is 1.39. The van der Waals surface area contributed by atoms with Gasteiger partial charge in [0, 0.05) is 10.7 Å². The number of anilines is 1. The van der Waals surface area contributed by atoms with E-state index in [1.807, 2.05) is 10.6 Å². The van der Waals surface area contributed by atoms with E-state index in [1.165, 1.54) is 11.8 Å². The Labute approximate surface area is 216 Å². The normalized spacial score (nSPS) is 10.7. The molecule has 0 aliphatic carbocycles. The van der Waals surface area contributed by atoms with Crippen molar-refractivity contribution in [2.75, 3.05) is 17.7 Å². The molecule has 0 aliphatic rings. The first kappa shape index (κ1) is 25.3. The van der Waals surface area contributed by atoms with Gasteiger partial charge in [-0.1, -0.05) is 23.4 Å². The first-order valence-electron chi connectivity index (χ1n) is 11.0. The van der Waals surface area contributed by atoms with Gasteiger partial charge in [0.15, 0.2) is 11.0 Å². The van der Waals surface area contributed by atoms with Crippen molar-refractivity contribution in [1.82, 2.24) is 14.8 Å². The molecule has 0 atom stereocenters. The number of ether oxygens (including phenoxy) is 2. The second kappa shape index (κ2) is 12.3. The fourth-order valence-corrected chi connectivity index (χ4v) is 4.04. The Morgan fingerprint density at radius 3 is 2.56 bits per heavy atom. The maximum absolute atomic E-state index is 12.5. The molecule has 9 nitrogen and oxygen atoms in total. The van der Waals surface area contributed by atoms with Gasteiger partial charge in [-0.2, -0.15) is 0 Å². The number of benzene rings is 2. The zero-order valence-corrected chi connectivity index (χ0v) is 20.9. The van der Waals surface area contributed by atoms with Crippen molar-refractivity contribution in [2.45, 2.75) is 25.2 Å². The predicted octanol–water partition coefficient (Wildman–Crippen LogP) is 5.06. The Kier molecular flexibility index (Phi) is 8.64. The number of hydrogen-bond acceptors (Lipinski definition) is 8. The van der Waals surface area contributed by atoms with Crippen LogP contribution in [0.15, 0.2) is 76.5 Å². The third-order valence-corrected chi connectivity index (χ3v) is 6.10. The molecule has 0 saturated heterocycles. The lowest BCUT2D eigenvalue weighted by molar-refractivity contribution is -0.113. The third-order valence-electron chi connectivity index (χ3n) is 4.88. The smallest absolute Gasteiger partial charge is 0.338 e. The second-order valence-corrected chi connectivity index (χ2v) is 8.82. The number of aromatic nitrogens is 3. The lowest BCUT2D eigenvalue weighted by Crippen LogP contribution is -2.15. The highest BCUT2D eigenvalue weighted by molar-refractivity contribution is 7.99. The van der Waals surface area contributed by atoms with Crippen LogP contribution in [-0.4, -0.2) is 39.0 Å². The topological polar surface area (TPSA) is 108 Å². The van der Waals surface area contributed by atoms with Crippen LogP contribution in [-0.2, 0) is 22.7 Å². The summed E-state index contributed by atoms with van der Waals surface area (Å²) in [4.78, 5) is 24.3. The summed E-state index contributed by atoms with van der Waals surface area (Å²) in [5, 5.41) is 12.5. The minimum Gasteiger partial charge on any atom is -0.486 e. The molecule has 11 heteroatoms. The third kappa shape index (κ3) is 6.89. The van der Waals surface area contributed by atoms with E-state index >= 15 is 0 Å². The maximum atomic E-state index is 12.5. The molecular weight excluding hydrogens is 504 g/mol. The van der Waals surface area contributed by atoms with E-state index in [0.29, 0.717) is 46.2 Å². The monoisotopic (exact) mass is 526 g/mol. The van der Waals surface area contributed by atoms with Gasteiger partial charge >= 0.3 is 5.97 Å². The zero-order chi connectivity index (χ0) is 25.3. The fraction of sp³-hybridized carbons (Fsp3) is 0.200. The average molecular weight is 527 g/mol. The van der Waals surface area contributed by atoms with Crippen molar-refractivity contribution in [1.29, 1.82) is 0 Å². The molecule has 0 aliphatic heterocycles. The van der Waals surface area contributed by atoms with Crippen LogP contribution in [0.5, 0.6) is 5.75 Å². The van der Waals surface area contributed by atoms with E-state index in [1.54, 1.807) is 67.8 Å². The molecule has 4 rings (SSSR count). The first-order chi connectivity index (χ1) is 17.5. The van der Waals surface area contributed by atoms with E-state index in [2.05, 4.69) is 15.5 Å². The Hall–Kier alpha value is -3.76. The number of rotatable bonds is 11. The van der Waals surface area contributed by atoms with E-state index in [-0.39, 0.29) is 18.3 Å². The summed E-state index contributed by atoms with van der Waals surface area (Å²) in [6.07, 6.45) is 1.59. The quantitative estimate of drug-likeness (QED) is 0.213. The molecule has 2 aromatic heterocycles. The Morgan fingerprint density at radius 1 is 1.08 bits per heavy atom. The molecule has 2 heterocycles. The summed E-state index contributed by atoms with van der Waals surface area (Å²) in [7, 11) is 0. The van der Waals surface area contributed by atoms with Crippen LogP contribution >= 0.6 is 23.4 Å². The van der Waals surface area contributed by atoms with Gasteiger partial charge in [0.25, 0.3) is 0 Å². The molecule has 0 spiro atoms. The van der Waals surface area contributed by atoms with Crippen molar-refractivity contribution in [2.24, 2.45) is 0 Å². The van der Waals surface area contributed by atoms with Gasteiger partial charge in [-0.25, -0.2) is 4.79 Å². The van der Waals surface area contributed by atoms with Gasteiger partial charge in [0.2, 0.25) is 5.91 Å². The number of halogens is 1. The number of carbonyl (C=O) groups is 2. The number of esters is 1. The van der Waals surface area contributed by atoms with Crippen LogP contribution < -0.4 is 10.1 Å². The summed E-state index contributed by atoms with van der Waals surface area (Å²) in [5.74, 6) is 1.42. The van der Waals surface area contributed by atoms with Gasteiger partial charge in [-0.15, -0.1) is 10.2 Å². The standard InChI is InChI=1S/C25H23ClN4O5S/c1-2-33-24(32)17-5-9-19(10-6-17)27-23(31)16-36-25-29-28-22(30(25)14-21-4-3-13-34-21)15-35-20-11-7-18(26)8-12-20/h3-13H,2,14-16H2,1H3,(H,27,31). The molecule has 1 amide bonds. The van der Waals surface area contributed by atoms with Gasteiger partial charge in [0.1, 0.15) is 18.1 Å². The van der Waals surface area contributed by atoms with Gasteiger partial charge in [0.05, 0.1) is 30.7 Å². The average Bonchev–Trinajstić information content (AvgIpc) is 3.53. The van der Waals surface area contributed by atoms with Crippen LogP contribution in [0, 0.1) is 0 Å². The maximum Gasteiger partial charge on any atom is 0.338 e. The molecule has 36 heavy (non-hydrogen) atoms. The summed E-state index contributed by atoms with van der Waals surface area (Å²) in [5.41, 5.74) is 0.992. The van der Waals surface area contributed by atoms with E-state index < -0.39 is 5.97 Å². The van der Waals surface area contributed by atoms with Crippen LogP contribution in [0.3, 0.4) is 0 Å². The van der Waals surface area contributed by atoms with Gasteiger partial charge in [-0.3, -0.25) is 9.36 Å². The minimum absolute atomic E-state index is 0.105. The summed E-state index contributed by atoms with van der Waals surface area (Å²) in [6.45, 7) is 2.61. The highest BCUT2D eigenvalue weighted by atomic mass is 35.5. The van der Waals surface area contributed by atoms with Gasteiger partial charge in [-0.05, 0) is 67.6 Å². The minimum atomic E-state index is -0.405. The van der Waals surface area contributed by atoms with Crippen molar-refractivity contribution in [3.05, 3.63) is 89.1 Å². The van der Waals surface area contributed by atoms with E-state index in [4.69, 9.17) is 25.5 Å². The highest BCUT2D eigenvalue weighted by Gasteiger charge is 2.17. The molecule has 2 aromatic carbocycles. The SMILES string of the molecule is CCOC(=O)c1ccc(NC(=O)CSc2nnc(COc3ccc(Cl)cc3)n2Cc2ccco2)cc1. The van der Waals surface area contributed by atoms with E-state index in [0.717, 1.165) is 5.76 Å². The number of furan rings is 1. The fourth-order valence-electron chi connectivity index (χ4n) is 3.16. The summed E-state index contributed by atoms with van der Waals surface area (Å²) < 4.78 is 18.1. The Morgan fingerprint density at radius 2 is 1.86 bits per heavy atom. The van der Waals surface area contributed by atoms with Crippen LogP contribution in [0.2, 0.25) is 5.02 Å². The molecule has 0 fully saturated rings. The largest absolute Gasteiger partial charge is 0.486 e. The van der Waals surface area contributed by atoms with Crippen molar-refractivity contribution in [3.63, 3.8) is 0 Å². The second-order valence-electron chi connectivity index (χ2n) is 7.44. The highest BCUT2D eigenvalue weighted by Crippen LogP contribution is 2.22. The molecule has 0 saturated carbocycles. The Bertz CT molecular complexity index is 1290. The van der Waals surface area contributed by atoms with E-state index in [9.17, 15) is 9.59 Å². The lowest BCUT2D eigenvalue weighted by atomic mass is 10.2. The molecule has 186 valence electrons. The number of amides is 1. The summed E-state index contributed by atoms with van der Waals surface area (Å²) >= 11 is 7.18. The van der Waals surface area contributed by atoms with Crippen LogP contribution in [0.1, 0.15) is 28.9 Å². The number of hydrogen-bond donors (Lipinski definition) is 1. The predicted molar refractivity (Wildman–Crippen MR) is 135 cm³/mol. The van der Waals surface area contributed by atoms with Crippen molar-refractivity contribution in [3.8, 4) is 5.75 Å². The molecule has 0 unspecified atom stereocenters. The van der Waals surface area contributed by atoms with Crippen molar-refractivity contribution < 1.29 is 23.5 Å². The van der Waals surface area contributed by atoms with Crippen LogP contribution in [0.4, 0.5) is 5.69 Å². The van der Waals surface area contributed by atoms with Crippen molar-refractivity contribution >= 4 is 40.9 Å². The molecule has 4 aromatic rings. The first-order valence-corrected chi connectivity index (χ1v) is 12.4. The lowest BCUT2D eigenvalue weighted by Gasteiger charge is -2.10. The summed E-state index contributed by atoms with van der Waals surface area (Å²) in [6, 6.07) is 17.2. The molecule has 1 N–H and O–H groups in total. The number of nitrogens with one attached hydrogen (secondary N) is 1. The number of carbonyl (C=O) groups excluding carboxylic acids is 2. The number of thioether (sulfide) groups is 1. The molecule has 0 bridgehead atoms. The van der Waals surface area contributed by atoms with Gasteiger partial charge < -0.3 is 19.2 Å².